The largest absolute Gasteiger partial charge is 0.333 e. The molecule has 18 heavy (non-hydrogen) atoms. The highest BCUT2D eigenvalue weighted by Crippen LogP contribution is 2.32. The highest BCUT2D eigenvalue weighted by Gasteiger charge is 2.17. The minimum absolute atomic E-state index is 0.0474. The Kier molecular flexibility index (Phi) is 4.18. The molecule has 0 aromatic carbocycles. The van der Waals surface area contributed by atoms with Gasteiger partial charge in [-0.25, -0.2) is 4.98 Å². The molecule has 0 bridgehead atoms. The first-order valence-corrected chi connectivity index (χ1v) is 7.46. The molecule has 2 heterocycles. The number of H-pyrrole nitrogens is 1. The smallest absolute Gasteiger partial charge is 0.264 e. The van der Waals surface area contributed by atoms with Gasteiger partial charge in [-0.2, -0.15) is 5.10 Å². The zero-order chi connectivity index (χ0) is 13.3. The molecule has 1 N–H and O–H groups in total. The Morgan fingerprint density at radius 2 is 2.28 bits per heavy atom. The lowest BCUT2D eigenvalue weighted by Gasteiger charge is -2.13. The van der Waals surface area contributed by atoms with Crippen molar-refractivity contribution in [2.24, 2.45) is 0 Å². The summed E-state index contributed by atoms with van der Waals surface area (Å²) < 4.78 is 1.80. The molecule has 0 aliphatic rings. The molecule has 5 nitrogen and oxygen atoms in total. The monoisotopic (exact) mass is 392 g/mol. The molecule has 0 saturated carbocycles. The first kappa shape index (κ1) is 13.7. The summed E-state index contributed by atoms with van der Waals surface area (Å²) in [5.74, 6) is 1.30. The number of rotatable bonds is 3. The molecule has 1 amide bonds. The van der Waals surface area contributed by atoms with Gasteiger partial charge in [-0.1, -0.05) is 0 Å². The van der Waals surface area contributed by atoms with Gasteiger partial charge in [0.1, 0.15) is 5.82 Å². The highest BCUT2D eigenvalue weighted by atomic mass is 79.9. The summed E-state index contributed by atoms with van der Waals surface area (Å²) in [4.78, 5) is 18.6. The van der Waals surface area contributed by atoms with Crippen molar-refractivity contribution in [3.63, 3.8) is 0 Å². The van der Waals surface area contributed by atoms with E-state index in [1.165, 1.54) is 11.3 Å². The van der Waals surface area contributed by atoms with Crippen LogP contribution < -0.4 is 0 Å². The van der Waals surface area contributed by atoms with Crippen LogP contribution in [0.5, 0.6) is 0 Å². The Bertz CT molecular complexity index is 561. The van der Waals surface area contributed by atoms with Gasteiger partial charge in [0.25, 0.3) is 5.91 Å². The van der Waals surface area contributed by atoms with E-state index in [4.69, 9.17) is 0 Å². The zero-order valence-electron chi connectivity index (χ0n) is 9.70. The molecule has 8 heteroatoms. The summed E-state index contributed by atoms with van der Waals surface area (Å²) in [5, 5.41) is 6.76. The fraction of sp³-hybridized carbons (Fsp3) is 0.300. The summed E-state index contributed by atoms with van der Waals surface area (Å²) in [7, 11) is 1.73. The molecular weight excluding hydrogens is 384 g/mol. The molecule has 96 valence electrons. The van der Waals surface area contributed by atoms with Crippen LogP contribution in [0.4, 0.5) is 0 Å². The second-order valence-electron chi connectivity index (χ2n) is 3.73. The third-order valence-corrected chi connectivity index (χ3v) is 5.47. The number of carbonyl (C=O) groups excluding carboxylic acids is 1. The Labute approximate surface area is 125 Å². The number of thiophene rings is 1. The van der Waals surface area contributed by atoms with E-state index in [-0.39, 0.29) is 5.91 Å². The van der Waals surface area contributed by atoms with Crippen LogP contribution in [0.3, 0.4) is 0 Å². The van der Waals surface area contributed by atoms with E-state index in [1.807, 2.05) is 6.92 Å². The van der Waals surface area contributed by atoms with Gasteiger partial charge in [0.15, 0.2) is 5.82 Å². The summed E-state index contributed by atoms with van der Waals surface area (Å²) in [6, 6.07) is 1.80. The maximum absolute atomic E-state index is 12.2. The molecule has 2 aromatic rings. The van der Waals surface area contributed by atoms with E-state index < -0.39 is 0 Å². The van der Waals surface area contributed by atoms with E-state index in [0.717, 1.165) is 14.1 Å². The lowest BCUT2D eigenvalue weighted by atomic mass is 10.4. The first-order valence-electron chi connectivity index (χ1n) is 5.05. The number of hydrogen-bond donors (Lipinski definition) is 1. The van der Waals surface area contributed by atoms with E-state index in [2.05, 4.69) is 47.0 Å². The van der Waals surface area contributed by atoms with Crippen molar-refractivity contribution in [3.8, 4) is 0 Å². The van der Waals surface area contributed by atoms with Crippen LogP contribution in [0.15, 0.2) is 14.3 Å². The van der Waals surface area contributed by atoms with Crippen molar-refractivity contribution in [2.75, 3.05) is 7.05 Å². The van der Waals surface area contributed by atoms with Crippen molar-refractivity contribution < 1.29 is 4.79 Å². The van der Waals surface area contributed by atoms with Crippen LogP contribution in [0, 0.1) is 6.92 Å². The van der Waals surface area contributed by atoms with E-state index in [9.17, 15) is 4.79 Å². The van der Waals surface area contributed by atoms with Gasteiger partial charge in [-0.15, -0.1) is 11.3 Å². The average Bonchev–Trinajstić information content (AvgIpc) is 2.85. The molecule has 0 unspecified atom stereocenters. The SMILES string of the molecule is Cc1nc(CN(C)C(=O)c2cc(Br)c(Br)s2)n[nH]1. The zero-order valence-corrected chi connectivity index (χ0v) is 13.7. The van der Waals surface area contributed by atoms with Gasteiger partial charge in [0.05, 0.1) is 15.2 Å². The lowest BCUT2D eigenvalue weighted by molar-refractivity contribution is 0.0786. The topological polar surface area (TPSA) is 61.9 Å². The number of nitrogens with one attached hydrogen (secondary N) is 1. The molecule has 0 spiro atoms. The van der Waals surface area contributed by atoms with Gasteiger partial charge >= 0.3 is 0 Å². The summed E-state index contributed by atoms with van der Waals surface area (Å²) in [6.45, 7) is 2.21. The third-order valence-electron chi connectivity index (χ3n) is 2.22. The minimum atomic E-state index is -0.0474. The maximum atomic E-state index is 12.2. The van der Waals surface area contributed by atoms with E-state index >= 15 is 0 Å². The standard InChI is InChI=1S/C10H10Br2N4OS/c1-5-13-8(15-14-5)4-16(2)10(17)7-3-6(11)9(12)18-7/h3H,4H2,1-2H3,(H,13,14,15). The fourth-order valence-corrected chi connectivity index (χ4v) is 3.41. The van der Waals surface area contributed by atoms with Crippen molar-refractivity contribution in [1.82, 2.24) is 20.1 Å². The van der Waals surface area contributed by atoms with Crippen molar-refractivity contribution >= 4 is 49.1 Å². The predicted molar refractivity (Wildman–Crippen MR) is 76.6 cm³/mol. The molecule has 0 saturated heterocycles. The lowest BCUT2D eigenvalue weighted by Crippen LogP contribution is -2.26. The number of carbonyl (C=O) groups is 1. The third kappa shape index (κ3) is 2.99. The van der Waals surface area contributed by atoms with E-state index in [0.29, 0.717) is 17.2 Å². The second kappa shape index (κ2) is 5.50. The van der Waals surface area contributed by atoms with Crippen molar-refractivity contribution in [3.05, 3.63) is 30.9 Å². The Balaban J connectivity index is 2.09. The second-order valence-corrected chi connectivity index (χ2v) is 6.95. The molecule has 0 atom stereocenters. The summed E-state index contributed by atoms with van der Waals surface area (Å²) in [6.07, 6.45) is 0. The fourth-order valence-electron chi connectivity index (χ4n) is 1.38. The molecule has 2 rings (SSSR count). The highest BCUT2D eigenvalue weighted by molar-refractivity contribution is 9.13. The van der Waals surface area contributed by atoms with Gasteiger partial charge in [0, 0.05) is 11.5 Å². The van der Waals surface area contributed by atoms with Gasteiger partial charge in [-0.3, -0.25) is 9.89 Å². The number of hydrogen-bond acceptors (Lipinski definition) is 4. The first-order chi connectivity index (χ1) is 8.47. The Hall–Kier alpha value is -0.730. The number of nitrogens with zero attached hydrogens (tertiary/aromatic N) is 3. The summed E-state index contributed by atoms with van der Waals surface area (Å²) in [5.41, 5.74) is 0. The van der Waals surface area contributed by atoms with Crippen molar-refractivity contribution in [1.29, 1.82) is 0 Å². The number of halogens is 2. The average molecular weight is 394 g/mol. The molecule has 0 radical (unpaired) electrons. The number of aromatic amines is 1. The number of aromatic nitrogens is 3. The number of aryl methyl sites for hydroxylation is 1. The maximum Gasteiger partial charge on any atom is 0.264 e. The summed E-state index contributed by atoms with van der Waals surface area (Å²) >= 11 is 8.14. The molecular formula is C10H10Br2N4OS. The van der Waals surface area contributed by atoms with Gasteiger partial charge in [0.2, 0.25) is 0 Å². The van der Waals surface area contributed by atoms with Crippen LogP contribution in [0.1, 0.15) is 21.3 Å². The predicted octanol–water partition coefficient (Wildman–Crippen LogP) is 2.97. The van der Waals surface area contributed by atoms with E-state index in [1.54, 1.807) is 18.0 Å². The molecule has 2 aromatic heterocycles. The van der Waals surface area contributed by atoms with Crippen LogP contribution in [-0.4, -0.2) is 33.0 Å². The Morgan fingerprint density at radius 3 is 2.78 bits per heavy atom. The normalized spacial score (nSPS) is 10.7. The van der Waals surface area contributed by atoms with Crippen LogP contribution in [0.25, 0.3) is 0 Å². The van der Waals surface area contributed by atoms with Gasteiger partial charge in [-0.05, 0) is 44.8 Å². The van der Waals surface area contributed by atoms with Crippen molar-refractivity contribution in [2.45, 2.75) is 13.5 Å². The molecule has 0 aliphatic carbocycles. The number of amides is 1. The Morgan fingerprint density at radius 1 is 1.56 bits per heavy atom. The molecule has 0 aliphatic heterocycles. The van der Waals surface area contributed by atoms with Crippen LogP contribution in [0.2, 0.25) is 0 Å². The minimum Gasteiger partial charge on any atom is -0.333 e. The van der Waals surface area contributed by atoms with Crippen LogP contribution >= 0.6 is 43.2 Å². The molecule has 0 fully saturated rings. The van der Waals surface area contributed by atoms with Crippen LogP contribution in [-0.2, 0) is 6.54 Å². The quantitative estimate of drug-likeness (QED) is 0.871. The van der Waals surface area contributed by atoms with Gasteiger partial charge < -0.3 is 4.90 Å².